The summed E-state index contributed by atoms with van der Waals surface area (Å²) in [4.78, 5) is 12.4. The summed E-state index contributed by atoms with van der Waals surface area (Å²) in [5.74, 6) is -0.274. The third kappa shape index (κ3) is 2.57. The number of hydrogen-bond donors (Lipinski definition) is 1. The van der Waals surface area contributed by atoms with Crippen molar-refractivity contribution in [3.63, 3.8) is 0 Å². The monoisotopic (exact) mass is 269 g/mol. The van der Waals surface area contributed by atoms with Crippen LogP contribution in [0, 0.1) is 11.2 Å². The van der Waals surface area contributed by atoms with Crippen LogP contribution in [0.25, 0.3) is 0 Å². The molecular weight excluding hydrogens is 253 g/mol. The van der Waals surface area contributed by atoms with E-state index in [1.54, 1.807) is 12.1 Å². The molecule has 0 spiro atoms. The van der Waals surface area contributed by atoms with E-state index in [0.29, 0.717) is 17.1 Å². The van der Waals surface area contributed by atoms with Gasteiger partial charge in [-0.05, 0) is 37.1 Å². The molecule has 1 saturated heterocycles. The highest BCUT2D eigenvalue weighted by Gasteiger charge is 2.38. The minimum atomic E-state index is -0.395. The molecule has 1 unspecified atom stereocenters. The molecule has 1 aliphatic rings. The van der Waals surface area contributed by atoms with E-state index in [4.69, 9.17) is 11.6 Å². The van der Waals surface area contributed by atoms with Crippen LogP contribution >= 0.6 is 11.6 Å². The topological polar surface area (TPSA) is 29.1 Å². The van der Waals surface area contributed by atoms with E-state index in [1.807, 2.05) is 6.92 Å². The van der Waals surface area contributed by atoms with Crippen LogP contribution in [-0.4, -0.2) is 18.9 Å². The van der Waals surface area contributed by atoms with Crippen LogP contribution < -0.4 is 5.32 Å². The third-order valence-corrected chi connectivity index (χ3v) is 4.11. The highest BCUT2D eigenvalue weighted by molar-refractivity contribution is 6.30. The number of halogens is 2. The fourth-order valence-electron chi connectivity index (χ4n) is 2.51. The molecule has 1 fully saturated rings. The Morgan fingerprint density at radius 1 is 1.56 bits per heavy atom. The van der Waals surface area contributed by atoms with E-state index in [2.05, 4.69) is 5.32 Å². The number of ketones is 1. The first-order chi connectivity index (χ1) is 8.57. The average molecular weight is 270 g/mol. The van der Waals surface area contributed by atoms with Gasteiger partial charge in [0.25, 0.3) is 0 Å². The summed E-state index contributed by atoms with van der Waals surface area (Å²) in [7, 11) is 0. The SMILES string of the molecule is CCC1(C(=O)Cc2ccc(Cl)cc2F)CCNC1. The van der Waals surface area contributed by atoms with Crippen molar-refractivity contribution in [2.75, 3.05) is 13.1 Å². The van der Waals surface area contributed by atoms with Gasteiger partial charge in [0.2, 0.25) is 0 Å². The zero-order valence-corrected chi connectivity index (χ0v) is 11.2. The van der Waals surface area contributed by atoms with Gasteiger partial charge >= 0.3 is 0 Å². The van der Waals surface area contributed by atoms with Crippen LogP contribution in [0.3, 0.4) is 0 Å². The number of nitrogens with one attached hydrogen (secondary N) is 1. The average Bonchev–Trinajstić information content (AvgIpc) is 2.82. The van der Waals surface area contributed by atoms with E-state index >= 15 is 0 Å². The Balaban J connectivity index is 2.15. The van der Waals surface area contributed by atoms with E-state index in [0.717, 1.165) is 19.4 Å². The molecule has 4 heteroatoms. The quantitative estimate of drug-likeness (QED) is 0.910. The van der Waals surface area contributed by atoms with E-state index < -0.39 is 5.82 Å². The first kappa shape index (κ1) is 13.5. The minimum absolute atomic E-state index is 0.122. The Morgan fingerprint density at radius 3 is 2.89 bits per heavy atom. The molecule has 1 aromatic rings. The number of carbonyl (C=O) groups is 1. The predicted molar refractivity (Wildman–Crippen MR) is 70.3 cm³/mol. The van der Waals surface area contributed by atoms with Gasteiger partial charge in [-0.3, -0.25) is 4.79 Å². The number of Topliss-reactive ketones (excluding diaryl/α,β-unsaturated/α-hetero) is 1. The normalized spacial score (nSPS) is 23.3. The summed E-state index contributed by atoms with van der Waals surface area (Å²) in [6.45, 7) is 3.59. The van der Waals surface area contributed by atoms with Crippen molar-refractivity contribution in [3.05, 3.63) is 34.6 Å². The van der Waals surface area contributed by atoms with Crippen molar-refractivity contribution < 1.29 is 9.18 Å². The summed E-state index contributed by atoms with van der Waals surface area (Å²) in [6, 6.07) is 4.48. The van der Waals surface area contributed by atoms with Gasteiger partial charge in [-0.1, -0.05) is 24.6 Å². The van der Waals surface area contributed by atoms with Crippen molar-refractivity contribution in [2.24, 2.45) is 5.41 Å². The van der Waals surface area contributed by atoms with Gasteiger partial charge in [0, 0.05) is 23.4 Å². The lowest BCUT2D eigenvalue weighted by Crippen LogP contribution is -2.34. The Hall–Kier alpha value is -0.930. The van der Waals surface area contributed by atoms with Gasteiger partial charge in [-0.2, -0.15) is 0 Å². The Kier molecular flexibility index (Phi) is 4.03. The lowest BCUT2D eigenvalue weighted by molar-refractivity contribution is -0.127. The number of carbonyl (C=O) groups excluding carboxylic acids is 1. The third-order valence-electron chi connectivity index (χ3n) is 3.88. The van der Waals surface area contributed by atoms with Crippen molar-refractivity contribution in [3.8, 4) is 0 Å². The molecule has 1 N–H and O–H groups in total. The molecule has 18 heavy (non-hydrogen) atoms. The van der Waals surface area contributed by atoms with Crippen LogP contribution in [0.15, 0.2) is 18.2 Å². The lowest BCUT2D eigenvalue weighted by atomic mass is 9.78. The second-order valence-corrected chi connectivity index (χ2v) is 5.33. The molecular formula is C14H17ClFNO. The maximum atomic E-state index is 13.7. The summed E-state index contributed by atoms with van der Waals surface area (Å²) < 4.78 is 13.7. The molecule has 0 bridgehead atoms. The first-order valence-electron chi connectivity index (χ1n) is 6.25. The number of benzene rings is 1. The molecule has 1 heterocycles. The number of rotatable bonds is 4. The van der Waals surface area contributed by atoms with E-state index in [1.165, 1.54) is 6.07 Å². The van der Waals surface area contributed by atoms with Crippen molar-refractivity contribution in [1.82, 2.24) is 5.32 Å². The van der Waals surface area contributed by atoms with Crippen LogP contribution in [0.2, 0.25) is 5.02 Å². The first-order valence-corrected chi connectivity index (χ1v) is 6.63. The molecule has 1 aromatic carbocycles. The molecule has 98 valence electrons. The highest BCUT2D eigenvalue weighted by Crippen LogP contribution is 2.32. The van der Waals surface area contributed by atoms with E-state index in [-0.39, 0.29) is 17.6 Å². The van der Waals surface area contributed by atoms with Gasteiger partial charge in [-0.25, -0.2) is 4.39 Å². The summed E-state index contributed by atoms with van der Waals surface area (Å²) in [6.07, 6.45) is 1.80. The predicted octanol–water partition coefficient (Wildman–Crippen LogP) is 2.98. The fraction of sp³-hybridized carbons (Fsp3) is 0.500. The van der Waals surface area contributed by atoms with Gasteiger partial charge in [-0.15, -0.1) is 0 Å². The molecule has 2 rings (SSSR count). The molecule has 1 atom stereocenters. The maximum Gasteiger partial charge on any atom is 0.144 e. The highest BCUT2D eigenvalue weighted by atomic mass is 35.5. The second kappa shape index (κ2) is 5.37. The largest absolute Gasteiger partial charge is 0.316 e. The summed E-state index contributed by atoms with van der Waals surface area (Å²) in [5, 5.41) is 3.58. The smallest absolute Gasteiger partial charge is 0.144 e. The molecule has 0 aromatic heterocycles. The molecule has 1 aliphatic heterocycles. The summed E-state index contributed by atoms with van der Waals surface area (Å²) >= 11 is 5.70. The van der Waals surface area contributed by atoms with Gasteiger partial charge < -0.3 is 5.32 Å². The van der Waals surface area contributed by atoms with Crippen LogP contribution in [-0.2, 0) is 11.2 Å². The standard InChI is InChI=1S/C14H17ClFNO/c1-2-14(5-6-17-9-14)13(18)7-10-3-4-11(15)8-12(10)16/h3-4,8,17H,2,5-7,9H2,1H3. The zero-order chi connectivity index (χ0) is 13.2. The minimum Gasteiger partial charge on any atom is -0.316 e. The molecule has 0 amide bonds. The molecule has 0 saturated carbocycles. The Bertz CT molecular complexity index is 455. The number of hydrogen-bond acceptors (Lipinski definition) is 2. The van der Waals surface area contributed by atoms with Gasteiger partial charge in [0.1, 0.15) is 11.6 Å². The van der Waals surface area contributed by atoms with Gasteiger partial charge in [0.05, 0.1) is 0 Å². The van der Waals surface area contributed by atoms with Crippen LogP contribution in [0.1, 0.15) is 25.3 Å². The van der Waals surface area contributed by atoms with Crippen LogP contribution in [0.5, 0.6) is 0 Å². The van der Waals surface area contributed by atoms with Crippen LogP contribution in [0.4, 0.5) is 4.39 Å². The molecule has 0 radical (unpaired) electrons. The fourth-order valence-corrected chi connectivity index (χ4v) is 2.66. The lowest BCUT2D eigenvalue weighted by Gasteiger charge is -2.24. The van der Waals surface area contributed by atoms with Crippen molar-refractivity contribution in [2.45, 2.75) is 26.2 Å². The Morgan fingerprint density at radius 2 is 2.33 bits per heavy atom. The second-order valence-electron chi connectivity index (χ2n) is 4.90. The van der Waals surface area contributed by atoms with Crippen molar-refractivity contribution in [1.29, 1.82) is 0 Å². The Labute approximate surface area is 112 Å². The van der Waals surface area contributed by atoms with Crippen molar-refractivity contribution >= 4 is 17.4 Å². The maximum absolute atomic E-state index is 13.7. The zero-order valence-electron chi connectivity index (χ0n) is 10.4. The van der Waals surface area contributed by atoms with E-state index in [9.17, 15) is 9.18 Å². The van der Waals surface area contributed by atoms with Gasteiger partial charge in [0.15, 0.2) is 0 Å². The summed E-state index contributed by atoms with van der Waals surface area (Å²) in [5.41, 5.74) is 0.121. The molecule has 2 nitrogen and oxygen atoms in total. The molecule has 0 aliphatic carbocycles.